The molecule has 1 saturated carbocycles. The highest BCUT2D eigenvalue weighted by Crippen LogP contribution is 2.27. The van der Waals surface area contributed by atoms with Crippen molar-refractivity contribution >= 4 is 5.96 Å². The van der Waals surface area contributed by atoms with Gasteiger partial charge in [-0.25, -0.2) is 4.99 Å². The molecule has 2 N–H and O–H groups in total. The molecule has 0 amide bonds. The monoisotopic (exact) mass is 334 g/mol. The summed E-state index contributed by atoms with van der Waals surface area (Å²) < 4.78 is 2.03. The minimum absolute atomic E-state index is 0.439. The molecule has 1 aliphatic carbocycles. The lowest BCUT2D eigenvalue weighted by Crippen LogP contribution is -2.42. The van der Waals surface area contributed by atoms with Crippen LogP contribution in [0.4, 0.5) is 0 Å². The second-order valence-corrected chi connectivity index (χ2v) is 6.86. The van der Waals surface area contributed by atoms with E-state index in [9.17, 15) is 0 Å². The van der Waals surface area contributed by atoms with E-state index < -0.39 is 0 Å². The molecule has 136 valence electrons. The van der Waals surface area contributed by atoms with Gasteiger partial charge in [-0.05, 0) is 39.5 Å². The molecule has 1 aromatic heterocycles. The fraction of sp³-hybridized carbons (Fsp3) is 0.833. The van der Waals surface area contributed by atoms with Crippen LogP contribution in [-0.4, -0.2) is 33.3 Å². The summed E-state index contributed by atoms with van der Waals surface area (Å²) in [5, 5.41) is 15.0. The van der Waals surface area contributed by atoms with E-state index >= 15 is 0 Å². The van der Waals surface area contributed by atoms with E-state index in [4.69, 9.17) is 0 Å². The number of nitrogens with zero attached hydrogens (tertiary/aromatic N) is 4. The number of rotatable bonds is 8. The van der Waals surface area contributed by atoms with Crippen LogP contribution in [0, 0.1) is 5.92 Å². The standard InChI is InChI=1S/C18H34N6/c1-4-19-18(20-13-17-23-21-14-24(17)5-2)22-15(3)11-12-16-9-7-6-8-10-16/h14-16H,4-13H2,1-3H3,(H2,19,20,22). The van der Waals surface area contributed by atoms with E-state index in [-0.39, 0.29) is 0 Å². The number of aryl methyl sites for hydroxylation is 1. The van der Waals surface area contributed by atoms with Gasteiger partial charge in [-0.3, -0.25) is 0 Å². The number of hydrogen-bond donors (Lipinski definition) is 2. The lowest BCUT2D eigenvalue weighted by molar-refractivity contribution is 0.322. The van der Waals surface area contributed by atoms with Crippen molar-refractivity contribution < 1.29 is 0 Å². The Morgan fingerprint density at radius 1 is 1.33 bits per heavy atom. The summed E-state index contributed by atoms with van der Waals surface area (Å²) in [4.78, 5) is 4.67. The van der Waals surface area contributed by atoms with Crippen molar-refractivity contribution in [1.82, 2.24) is 25.4 Å². The molecule has 0 saturated heterocycles. The van der Waals surface area contributed by atoms with E-state index in [1.165, 1.54) is 44.9 Å². The summed E-state index contributed by atoms with van der Waals surface area (Å²) in [6, 6.07) is 0.439. The fourth-order valence-corrected chi connectivity index (χ4v) is 3.40. The van der Waals surface area contributed by atoms with Gasteiger partial charge in [-0.1, -0.05) is 32.1 Å². The number of nitrogens with one attached hydrogen (secondary N) is 2. The SMILES string of the molecule is CCNC(=NCc1nncn1CC)NC(C)CCC1CCCCC1. The number of aliphatic imine (C=N–C) groups is 1. The van der Waals surface area contributed by atoms with Crippen molar-refractivity contribution in [1.29, 1.82) is 0 Å². The van der Waals surface area contributed by atoms with Crippen LogP contribution in [0.1, 0.15) is 71.5 Å². The zero-order valence-electron chi connectivity index (χ0n) is 15.6. The Morgan fingerprint density at radius 3 is 2.83 bits per heavy atom. The highest BCUT2D eigenvalue weighted by Gasteiger charge is 2.15. The first kappa shape index (κ1) is 18.7. The van der Waals surface area contributed by atoms with Crippen LogP contribution >= 0.6 is 0 Å². The van der Waals surface area contributed by atoms with Crippen molar-refractivity contribution in [2.24, 2.45) is 10.9 Å². The van der Waals surface area contributed by atoms with Crippen LogP contribution in [0.3, 0.4) is 0 Å². The Morgan fingerprint density at radius 2 is 2.12 bits per heavy atom. The van der Waals surface area contributed by atoms with Crippen LogP contribution in [0.2, 0.25) is 0 Å². The largest absolute Gasteiger partial charge is 0.357 e. The third-order valence-corrected chi connectivity index (χ3v) is 4.88. The fourth-order valence-electron chi connectivity index (χ4n) is 3.40. The van der Waals surface area contributed by atoms with Crippen molar-refractivity contribution in [3.63, 3.8) is 0 Å². The topological polar surface area (TPSA) is 67.1 Å². The summed E-state index contributed by atoms with van der Waals surface area (Å²) in [6.07, 6.45) is 11.4. The molecule has 0 spiro atoms. The summed E-state index contributed by atoms with van der Waals surface area (Å²) in [5.41, 5.74) is 0. The molecule has 2 rings (SSSR count). The maximum Gasteiger partial charge on any atom is 0.191 e. The molecular formula is C18H34N6. The molecule has 1 heterocycles. The Kier molecular flexibility index (Phi) is 8.05. The van der Waals surface area contributed by atoms with Gasteiger partial charge in [-0.2, -0.15) is 0 Å². The quantitative estimate of drug-likeness (QED) is 0.566. The smallest absolute Gasteiger partial charge is 0.191 e. The molecule has 24 heavy (non-hydrogen) atoms. The van der Waals surface area contributed by atoms with E-state index in [0.29, 0.717) is 12.6 Å². The minimum atomic E-state index is 0.439. The van der Waals surface area contributed by atoms with Gasteiger partial charge in [0.15, 0.2) is 11.8 Å². The first-order valence-electron chi connectivity index (χ1n) is 9.64. The van der Waals surface area contributed by atoms with Gasteiger partial charge < -0.3 is 15.2 Å². The Labute approximate surface area is 146 Å². The average Bonchev–Trinajstić information content (AvgIpc) is 3.06. The van der Waals surface area contributed by atoms with Crippen molar-refractivity contribution in [2.75, 3.05) is 6.54 Å². The predicted molar refractivity (Wildman–Crippen MR) is 98.9 cm³/mol. The summed E-state index contributed by atoms with van der Waals surface area (Å²) in [7, 11) is 0. The normalized spacial score (nSPS) is 17.7. The Bertz CT molecular complexity index is 489. The van der Waals surface area contributed by atoms with Gasteiger partial charge in [0.05, 0.1) is 0 Å². The van der Waals surface area contributed by atoms with Crippen LogP contribution in [0.15, 0.2) is 11.3 Å². The molecule has 1 fully saturated rings. The molecule has 0 radical (unpaired) electrons. The van der Waals surface area contributed by atoms with E-state index in [1.807, 2.05) is 4.57 Å². The van der Waals surface area contributed by atoms with Gasteiger partial charge in [0.25, 0.3) is 0 Å². The van der Waals surface area contributed by atoms with Gasteiger partial charge in [0.1, 0.15) is 12.9 Å². The first-order valence-corrected chi connectivity index (χ1v) is 9.64. The molecule has 1 atom stereocenters. The number of hydrogen-bond acceptors (Lipinski definition) is 3. The lowest BCUT2D eigenvalue weighted by Gasteiger charge is -2.24. The Balaban J connectivity index is 1.81. The van der Waals surface area contributed by atoms with Crippen LogP contribution in [0.25, 0.3) is 0 Å². The van der Waals surface area contributed by atoms with E-state index in [2.05, 4.69) is 46.6 Å². The summed E-state index contributed by atoms with van der Waals surface area (Å²) in [6.45, 7) is 8.73. The van der Waals surface area contributed by atoms with Gasteiger partial charge >= 0.3 is 0 Å². The number of aromatic nitrogens is 3. The third kappa shape index (κ3) is 6.13. The average molecular weight is 335 g/mol. The molecule has 1 aliphatic rings. The molecule has 0 aromatic carbocycles. The molecule has 6 heteroatoms. The van der Waals surface area contributed by atoms with Crippen LogP contribution < -0.4 is 10.6 Å². The zero-order chi connectivity index (χ0) is 17.2. The molecule has 0 aliphatic heterocycles. The predicted octanol–water partition coefficient (Wildman–Crippen LogP) is 3.10. The molecule has 6 nitrogen and oxygen atoms in total. The van der Waals surface area contributed by atoms with Crippen molar-refractivity contribution in [3.8, 4) is 0 Å². The number of guanidine groups is 1. The second-order valence-electron chi connectivity index (χ2n) is 6.86. The van der Waals surface area contributed by atoms with Crippen molar-refractivity contribution in [2.45, 2.75) is 84.8 Å². The minimum Gasteiger partial charge on any atom is -0.357 e. The van der Waals surface area contributed by atoms with Gasteiger partial charge in [0.2, 0.25) is 0 Å². The second kappa shape index (κ2) is 10.3. The van der Waals surface area contributed by atoms with E-state index in [1.54, 1.807) is 6.33 Å². The van der Waals surface area contributed by atoms with E-state index in [0.717, 1.165) is 30.8 Å². The maximum absolute atomic E-state index is 4.67. The highest BCUT2D eigenvalue weighted by atomic mass is 15.3. The summed E-state index contributed by atoms with van der Waals surface area (Å²) in [5.74, 6) is 2.72. The van der Waals surface area contributed by atoms with Gasteiger partial charge in [0, 0.05) is 19.1 Å². The first-order chi connectivity index (χ1) is 11.7. The molecular weight excluding hydrogens is 300 g/mol. The molecule has 0 bridgehead atoms. The lowest BCUT2D eigenvalue weighted by atomic mass is 9.85. The van der Waals surface area contributed by atoms with Crippen LogP contribution in [0.5, 0.6) is 0 Å². The van der Waals surface area contributed by atoms with Crippen molar-refractivity contribution in [3.05, 3.63) is 12.2 Å². The van der Waals surface area contributed by atoms with Crippen LogP contribution in [-0.2, 0) is 13.1 Å². The maximum atomic E-state index is 4.67. The molecule has 1 aromatic rings. The Hall–Kier alpha value is -1.59. The highest BCUT2D eigenvalue weighted by molar-refractivity contribution is 5.79. The third-order valence-electron chi connectivity index (χ3n) is 4.88. The summed E-state index contributed by atoms with van der Waals surface area (Å²) >= 11 is 0. The molecule has 1 unspecified atom stereocenters. The van der Waals surface area contributed by atoms with Gasteiger partial charge in [-0.15, -0.1) is 10.2 Å². The zero-order valence-corrected chi connectivity index (χ0v) is 15.6.